The first-order valence-corrected chi connectivity index (χ1v) is 14.6. The Bertz CT molecular complexity index is 1650. The minimum absolute atomic E-state index is 0.102. The molecule has 1 aliphatic heterocycles. The molecule has 3 aromatic carbocycles. The highest BCUT2D eigenvalue weighted by atomic mass is 32.1. The van der Waals surface area contributed by atoms with E-state index in [-0.39, 0.29) is 16.5 Å². The number of methoxy groups -OCH3 is 1. The van der Waals surface area contributed by atoms with E-state index in [0.29, 0.717) is 51.8 Å². The number of ketones is 1. The van der Waals surface area contributed by atoms with E-state index in [1.165, 1.54) is 30.2 Å². The number of amides is 1. The molecule has 0 bridgehead atoms. The highest BCUT2D eigenvalue weighted by Crippen LogP contribution is 2.46. The van der Waals surface area contributed by atoms with Gasteiger partial charge in [0.1, 0.15) is 17.3 Å². The van der Waals surface area contributed by atoms with Crippen molar-refractivity contribution >= 4 is 44.1 Å². The van der Waals surface area contributed by atoms with Crippen LogP contribution >= 0.6 is 11.3 Å². The molecule has 0 radical (unpaired) electrons. The number of hydrogen-bond donors (Lipinski definition) is 1. The van der Waals surface area contributed by atoms with Gasteiger partial charge in [0.15, 0.2) is 16.6 Å². The van der Waals surface area contributed by atoms with Gasteiger partial charge in [-0.15, -0.1) is 0 Å². The number of ether oxygens (including phenoxy) is 3. The second-order valence-electron chi connectivity index (χ2n) is 9.70. The summed E-state index contributed by atoms with van der Waals surface area (Å²) in [5.41, 5.74) is 1.23. The predicted octanol–water partition coefficient (Wildman–Crippen LogP) is 7.04. The van der Waals surface area contributed by atoms with Gasteiger partial charge in [-0.25, -0.2) is 9.37 Å². The molecule has 0 spiro atoms. The van der Waals surface area contributed by atoms with Crippen LogP contribution in [-0.4, -0.2) is 42.1 Å². The number of rotatable bonds is 11. The van der Waals surface area contributed by atoms with E-state index in [1.54, 1.807) is 42.5 Å². The average Bonchev–Trinajstić information content (AvgIpc) is 3.53. The van der Waals surface area contributed by atoms with Crippen LogP contribution in [0, 0.1) is 5.82 Å². The third-order valence-corrected chi connectivity index (χ3v) is 7.96. The summed E-state index contributed by atoms with van der Waals surface area (Å²) in [5, 5.41) is 11.7. The molecule has 1 aromatic heterocycles. The zero-order chi connectivity index (χ0) is 29.8. The number of carbonyl (C=O) groups is 2. The van der Waals surface area contributed by atoms with Crippen molar-refractivity contribution in [1.29, 1.82) is 0 Å². The molecule has 1 unspecified atom stereocenters. The molecule has 0 aliphatic carbocycles. The molecular formula is C32H31FN2O6S. The first-order chi connectivity index (χ1) is 20.4. The van der Waals surface area contributed by atoms with Crippen LogP contribution < -0.4 is 19.1 Å². The summed E-state index contributed by atoms with van der Waals surface area (Å²) in [7, 11) is 1.53. The van der Waals surface area contributed by atoms with Gasteiger partial charge in [0, 0.05) is 5.56 Å². The molecule has 1 fully saturated rings. The minimum Gasteiger partial charge on any atom is -0.507 e. The third kappa shape index (κ3) is 5.67. The number of unbranched alkanes of at least 4 members (excludes halogenated alkanes) is 2. The number of Topliss-reactive ketones (excluding diaryl/α,β-unsaturated/α-hetero) is 1. The van der Waals surface area contributed by atoms with Gasteiger partial charge in [0.2, 0.25) is 0 Å². The Labute approximate surface area is 247 Å². The lowest BCUT2D eigenvalue weighted by molar-refractivity contribution is -0.132. The average molecular weight is 591 g/mol. The van der Waals surface area contributed by atoms with Crippen molar-refractivity contribution in [2.45, 2.75) is 39.2 Å². The smallest absolute Gasteiger partial charge is 0.301 e. The van der Waals surface area contributed by atoms with E-state index in [0.717, 1.165) is 30.6 Å². The number of benzene rings is 3. The molecule has 1 aliphatic rings. The van der Waals surface area contributed by atoms with E-state index >= 15 is 0 Å². The van der Waals surface area contributed by atoms with Crippen molar-refractivity contribution in [3.63, 3.8) is 0 Å². The lowest BCUT2D eigenvalue weighted by atomic mass is 9.95. The molecule has 42 heavy (non-hydrogen) atoms. The van der Waals surface area contributed by atoms with Crippen LogP contribution in [0.15, 0.2) is 66.2 Å². The van der Waals surface area contributed by atoms with E-state index in [4.69, 9.17) is 14.2 Å². The fourth-order valence-electron chi connectivity index (χ4n) is 4.86. The van der Waals surface area contributed by atoms with Crippen molar-refractivity contribution in [3.8, 4) is 17.2 Å². The summed E-state index contributed by atoms with van der Waals surface area (Å²) in [5.74, 6) is -0.933. The van der Waals surface area contributed by atoms with Crippen LogP contribution in [0.25, 0.3) is 16.0 Å². The van der Waals surface area contributed by atoms with Gasteiger partial charge in [-0.05, 0) is 73.5 Å². The summed E-state index contributed by atoms with van der Waals surface area (Å²) >= 11 is 1.09. The summed E-state index contributed by atoms with van der Waals surface area (Å²) in [6, 6.07) is 14.8. The van der Waals surface area contributed by atoms with Crippen LogP contribution in [0.3, 0.4) is 0 Å². The Morgan fingerprint density at radius 2 is 1.79 bits per heavy atom. The molecule has 1 amide bonds. The summed E-state index contributed by atoms with van der Waals surface area (Å²) in [6.45, 7) is 4.85. The summed E-state index contributed by atoms with van der Waals surface area (Å²) < 4.78 is 31.6. The Kier molecular flexibility index (Phi) is 8.72. The second kappa shape index (κ2) is 12.6. The topological polar surface area (TPSA) is 98.2 Å². The van der Waals surface area contributed by atoms with Crippen LogP contribution in [0.5, 0.6) is 17.2 Å². The van der Waals surface area contributed by atoms with Crippen LogP contribution in [0.2, 0.25) is 0 Å². The number of hydrogen-bond acceptors (Lipinski definition) is 8. The zero-order valence-electron chi connectivity index (χ0n) is 23.6. The Balaban J connectivity index is 1.66. The van der Waals surface area contributed by atoms with Crippen LogP contribution in [0.1, 0.15) is 50.3 Å². The normalized spacial score (nSPS) is 16.3. The molecule has 2 heterocycles. The van der Waals surface area contributed by atoms with Crippen molar-refractivity contribution in [1.82, 2.24) is 4.98 Å². The summed E-state index contributed by atoms with van der Waals surface area (Å²) in [6.07, 6.45) is 2.99. The van der Waals surface area contributed by atoms with Crippen molar-refractivity contribution in [3.05, 3.63) is 83.2 Å². The molecule has 5 rings (SSSR count). The van der Waals surface area contributed by atoms with Gasteiger partial charge in [0.25, 0.3) is 5.78 Å². The van der Waals surface area contributed by atoms with Crippen LogP contribution in [0.4, 0.5) is 9.52 Å². The van der Waals surface area contributed by atoms with Gasteiger partial charge < -0.3 is 19.3 Å². The molecule has 10 heteroatoms. The monoisotopic (exact) mass is 590 g/mol. The number of aliphatic hydroxyl groups excluding tert-OH is 1. The first kappa shape index (κ1) is 29.1. The molecule has 0 saturated carbocycles. The van der Waals surface area contributed by atoms with Gasteiger partial charge >= 0.3 is 5.91 Å². The van der Waals surface area contributed by atoms with Gasteiger partial charge in [-0.1, -0.05) is 37.2 Å². The number of thiazole rings is 1. The van der Waals surface area contributed by atoms with Crippen molar-refractivity contribution in [2.24, 2.45) is 0 Å². The van der Waals surface area contributed by atoms with E-state index in [1.807, 2.05) is 6.92 Å². The van der Waals surface area contributed by atoms with Crippen LogP contribution in [-0.2, 0) is 9.59 Å². The number of aromatic nitrogens is 1. The number of anilines is 1. The highest BCUT2D eigenvalue weighted by Gasteiger charge is 2.48. The van der Waals surface area contributed by atoms with Crippen molar-refractivity contribution in [2.75, 3.05) is 25.2 Å². The van der Waals surface area contributed by atoms with E-state index in [2.05, 4.69) is 11.9 Å². The third-order valence-electron chi connectivity index (χ3n) is 6.94. The van der Waals surface area contributed by atoms with Gasteiger partial charge in [-0.3, -0.25) is 14.5 Å². The molecule has 218 valence electrons. The fourth-order valence-corrected chi connectivity index (χ4v) is 5.87. The quantitative estimate of drug-likeness (QED) is 0.0866. The highest BCUT2D eigenvalue weighted by molar-refractivity contribution is 7.22. The van der Waals surface area contributed by atoms with Crippen molar-refractivity contribution < 1.29 is 33.3 Å². The predicted molar refractivity (Wildman–Crippen MR) is 160 cm³/mol. The van der Waals surface area contributed by atoms with Gasteiger partial charge in [0.05, 0.1) is 42.2 Å². The Morgan fingerprint density at radius 3 is 2.50 bits per heavy atom. The Morgan fingerprint density at radius 1 is 1.00 bits per heavy atom. The number of fused-ring (bicyclic) bond motifs is 1. The molecule has 1 N–H and O–H groups in total. The van der Waals surface area contributed by atoms with Gasteiger partial charge in [-0.2, -0.15) is 0 Å². The maximum Gasteiger partial charge on any atom is 0.301 e. The van der Waals surface area contributed by atoms with E-state index < -0.39 is 23.5 Å². The molecule has 1 atom stereocenters. The lowest BCUT2D eigenvalue weighted by Crippen LogP contribution is -2.29. The maximum absolute atomic E-state index is 14.0. The maximum atomic E-state index is 14.0. The largest absolute Gasteiger partial charge is 0.507 e. The fraction of sp³-hybridized carbons (Fsp3) is 0.281. The van der Waals surface area contributed by atoms with E-state index in [9.17, 15) is 19.1 Å². The Hall–Kier alpha value is -4.44. The zero-order valence-corrected chi connectivity index (χ0v) is 24.4. The molecule has 1 saturated heterocycles. The SMILES string of the molecule is CCCCCOc1ccc(C2C(=C(O)c3ccc(OC)cc3)C(=O)C(=O)N2c2nc3ccc(F)cc3s2)cc1OCC. The standard InChI is InChI=1S/C32H31FN2O6S/c1-4-6-7-16-41-24-15-10-20(17-25(24)40-5-2)28-27(29(36)19-8-12-22(39-3)13-9-19)30(37)31(38)35(28)32-34-23-14-11-21(33)18-26(23)42-32/h8-15,17-18,28,36H,4-7,16H2,1-3H3. The molecule has 4 aromatic rings. The number of nitrogens with zero attached hydrogens (tertiary/aromatic N) is 2. The second-order valence-corrected chi connectivity index (χ2v) is 10.7. The number of aliphatic hydroxyl groups is 1. The summed E-state index contributed by atoms with van der Waals surface area (Å²) in [4.78, 5) is 33.0. The first-order valence-electron chi connectivity index (χ1n) is 13.8. The molecule has 8 nitrogen and oxygen atoms in total. The molecular weight excluding hydrogens is 559 g/mol. The number of carbonyl (C=O) groups excluding carboxylic acids is 2. The minimum atomic E-state index is -1.04. The number of halogens is 1. The lowest BCUT2D eigenvalue weighted by Gasteiger charge is -2.24.